The highest BCUT2D eigenvalue weighted by molar-refractivity contribution is 5.44. The number of rotatable bonds is 3. The van der Waals surface area contributed by atoms with Crippen LogP contribution in [0, 0.1) is 5.82 Å². The van der Waals surface area contributed by atoms with E-state index in [1.54, 1.807) is 6.07 Å². The van der Waals surface area contributed by atoms with Gasteiger partial charge in [0.05, 0.1) is 0 Å². The van der Waals surface area contributed by atoms with Crippen LogP contribution < -0.4 is 14.8 Å². The normalized spacial score (nSPS) is 14.0. The second kappa shape index (κ2) is 4.49. The van der Waals surface area contributed by atoms with Crippen LogP contribution in [0.2, 0.25) is 0 Å². The highest BCUT2D eigenvalue weighted by atomic mass is 19.1. The number of hydrogen-bond donors (Lipinski definition) is 1. The van der Waals surface area contributed by atoms with E-state index in [1.807, 2.05) is 7.05 Å². The monoisotopic (exact) mass is 211 g/mol. The number of likely N-dealkylation sites (N-methyl/N-ethyl adjacent to an activating group) is 1. The highest BCUT2D eigenvalue weighted by Gasteiger charge is 2.15. The van der Waals surface area contributed by atoms with Crippen LogP contribution in [0.25, 0.3) is 0 Å². The van der Waals surface area contributed by atoms with Crippen molar-refractivity contribution in [2.75, 3.05) is 26.8 Å². The molecule has 1 aliphatic heterocycles. The minimum Gasteiger partial charge on any atom is -0.486 e. The summed E-state index contributed by atoms with van der Waals surface area (Å²) in [6.45, 7) is 1.77. The summed E-state index contributed by atoms with van der Waals surface area (Å²) in [5.74, 6) is 0.926. The number of benzene rings is 1. The first kappa shape index (κ1) is 10.2. The molecule has 4 heteroatoms. The van der Waals surface area contributed by atoms with Gasteiger partial charge >= 0.3 is 0 Å². The lowest BCUT2D eigenvalue weighted by Gasteiger charge is -2.19. The van der Waals surface area contributed by atoms with E-state index in [0.29, 0.717) is 36.7 Å². The van der Waals surface area contributed by atoms with Crippen LogP contribution in [-0.4, -0.2) is 26.8 Å². The van der Waals surface area contributed by atoms with Crippen LogP contribution >= 0.6 is 0 Å². The molecule has 0 amide bonds. The summed E-state index contributed by atoms with van der Waals surface area (Å²) < 4.78 is 24.2. The third kappa shape index (κ3) is 2.21. The van der Waals surface area contributed by atoms with E-state index in [2.05, 4.69) is 5.32 Å². The van der Waals surface area contributed by atoms with E-state index in [-0.39, 0.29) is 5.82 Å². The molecule has 3 nitrogen and oxygen atoms in total. The van der Waals surface area contributed by atoms with E-state index >= 15 is 0 Å². The Kier molecular flexibility index (Phi) is 3.06. The maximum Gasteiger partial charge on any atom is 0.164 e. The van der Waals surface area contributed by atoms with Gasteiger partial charge < -0.3 is 14.8 Å². The molecule has 0 unspecified atom stereocenters. The molecule has 0 aliphatic carbocycles. The molecule has 0 atom stereocenters. The van der Waals surface area contributed by atoms with Crippen molar-refractivity contribution in [1.29, 1.82) is 0 Å². The smallest absolute Gasteiger partial charge is 0.164 e. The van der Waals surface area contributed by atoms with Crippen LogP contribution in [0.1, 0.15) is 5.56 Å². The van der Waals surface area contributed by atoms with Gasteiger partial charge in [-0.05, 0) is 31.6 Å². The van der Waals surface area contributed by atoms with E-state index in [1.165, 1.54) is 6.07 Å². The fraction of sp³-hybridized carbons (Fsp3) is 0.455. The molecule has 1 heterocycles. The summed E-state index contributed by atoms with van der Waals surface area (Å²) >= 11 is 0. The van der Waals surface area contributed by atoms with Crippen molar-refractivity contribution in [3.8, 4) is 11.5 Å². The highest BCUT2D eigenvalue weighted by Crippen LogP contribution is 2.32. The van der Waals surface area contributed by atoms with Crippen molar-refractivity contribution in [3.05, 3.63) is 23.5 Å². The molecule has 1 aliphatic rings. The standard InChI is InChI=1S/C11H14FNO2/c1-13-3-2-8-6-10-11(7-9(8)12)15-5-4-14-10/h6-7,13H,2-5H2,1H3. The Labute approximate surface area is 88.2 Å². The first-order valence-corrected chi connectivity index (χ1v) is 5.04. The third-order valence-electron chi connectivity index (χ3n) is 2.36. The van der Waals surface area contributed by atoms with Crippen LogP contribution in [-0.2, 0) is 6.42 Å². The third-order valence-corrected chi connectivity index (χ3v) is 2.36. The van der Waals surface area contributed by atoms with Gasteiger partial charge in [-0.3, -0.25) is 0 Å². The van der Waals surface area contributed by atoms with E-state index in [9.17, 15) is 4.39 Å². The van der Waals surface area contributed by atoms with Crippen molar-refractivity contribution in [3.63, 3.8) is 0 Å². The van der Waals surface area contributed by atoms with Gasteiger partial charge in [0, 0.05) is 6.07 Å². The van der Waals surface area contributed by atoms with Crippen molar-refractivity contribution in [1.82, 2.24) is 5.32 Å². The maximum atomic E-state index is 13.5. The van der Waals surface area contributed by atoms with Crippen LogP contribution in [0.15, 0.2) is 12.1 Å². The van der Waals surface area contributed by atoms with E-state index in [0.717, 1.165) is 6.54 Å². The Bertz CT molecular complexity index is 355. The predicted octanol–water partition coefficient (Wildman–Crippen LogP) is 1.36. The molecule has 0 bridgehead atoms. The molecule has 0 radical (unpaired) electrons. The average Bonchev–Trinajstić information content (AvgIpc) is 2.26. The van der Waals surface area contributed by atoms with Gasteiger partial charge in [-0.2, -0.15) is 0 Å². The molecule has 82 valence electrons. The molecule has 1 N–H and O–H groups in total. The summed E-state index contributed by atoms with van der Waals surface area (Å²) in [7, 11) is 1.84. The van der Waals surface area contributed by atoms with Crippen molar-refractivity contribution < 1.29 is 13.9 Å². The Balaban J connectivity index is 2.24. The van der Waals surface area contributed by atoms with Crippen molar-refractivity contribution >= 4 is 0 Å². The molecular weight excluding hydrogens is 197 g/mol. The number of ether oxygens (including phenoxy) is 2. The van der Waals surface area contributed by atoms with Gasteiger partial charge in [0.25, 0.3) is 0 Å². The quantitative estimate of drug-likeness (QED) is 0.818. The number of hydrogen-bond acceptors (Lipinski definition) is 3. The van der Waals surface area contributed by atoms with Crippen molar-refractivity contribution in [2.24, 2.45) is 0 Å². The minimum atomic E-state index is -0.227. The molecule has 15 heavy (non-hydrogen) atoms. The zero-order valence-corrected chi connectivity index (χ0v) is 8.68. The lowest BCUT2D eigenvalue weighted by molar-refractivity contribution is 0.170. The SMILES string of the molecule is CNCCc1cc2c(cc1F)OCCO2. The second-order valence-corrected chi connectivity index (χ2v) is 3.44. The van der Waals surface area contributed by atoms with Gasteiger partial charge in [-0.25, -0.2) is 4.39 Å². The lowest BCUT2D eigenvalue weighted by Crippen LogP contribution is -2.17. The van der Waals surface area contributed by atoms with Gasteiger partial charge in [-0.15, -0.1) is 0 Å². The summed E-state index contributed by atoms with van der Waals surface area (Å²) in [5, 5.41) is 2.98. The molecule has 0 saturated heterocycles. The summed E-state index contributed by atoms with van der Waals surface area (Å²) in [5.41, 5.74) is 0.661. The Hall–Kier alpha value is -1.29. The van der Waals surface area contributed by atoms with E-state index < -0.39 is 0 Å². The molecule has 0 aromatic heterocycles. The number of halogens is 1. The van der Waals surface area contributed by atoms with Gasteiger partial charge in [-0.1, -0.05) is 0 Å². The predicted molar refractivity (Wildman–Crippen MR) is 55.0 cm³/mol. The summed E-state index contributed by atoms with van der Waals surface area (Å²) in [6, 6.07) is 3.13. The Morgan fingerprint density at radius 2 is 1.93 bits per heavy atom. The van der Waals surface area contributed by atoms with Crippen molar-refractivity contribution in [2.45, 2.75) is 6.42 Å². The zero-order chi connectivity index (χ0) is 10.7. The number of fused-ring (bicyclic) bond motifs is 1. The van der Waals surface area contributed by atoms with Crippen LogP contribution in [0.4, 0.5) is 4.39 Å². The molecular formula is C11H14FNO2. The van der Waals surface area contributed by atoms with Gasteiger partial charge in [0.15, 0.2) is 11.5 Å². The lowest BCUT2D eigenvalue weighted by atomic mass is 10.1. The Morgan fingerprint density at radius 1 is 1.27 bits per heavy atom. The van der Waals surface area contributed by atoms with Gasteiger partial charge in [0.1, 0.15) is 19.0 Å². The van der Waals surface area contributed by atoms with E-state index in [4.69, 9.17) is 9.47 Å². The zero-order valence-electron chi connectivity index (χ0n) is 8.68. The summed E-state index contributed by atoms with van der Waals surface area (Å²) in [6.07, 6.45) is 0.652. The fourth-order valence-corrected chi connectivity index (χ4v) is 1.56. The maximum absolute atomic E-state index is 13.5. The topological polar surface area (TPSA) is 30.5 Å². The average molecular weight is 211 g/mol. The molecule has 2 rings (SSSR count). The minimum absolute atomic E-state index is 0.227. The Morgan fingerprint density at radius 3 is 2.60 bits per heavy atom. The first-order chi connectivity index (χ1) is 7.31. The summed E-state index contributed by atoms with van der Waals surface area (Å²) in [4.78, 5) is 0. The molecule has 0 spiro atoms. The fourth-order valence-electron chi connectivity index (χ4n) is 1.56. The molecule has 0 saturated carbocycles. The molecule has 1 aromatic rings. The molecule has 0 fully saturated rings. The largest absolute Gasteiger partial charge is 0.486 e. The first-order valence-electron chi connectivity index (χ1n) is 5.04. The number of nitrogens with one attached hydrogen (secondary N) is 1. The van der Waals surface area contributed by atoms with Crippen LogP contribution in [0.3, 0.4) is 0 Å². The van der Waals surface area contributed by atoms with Crippen LogP contribution in [0.5, 0.6) is 11.5 Å². The molecule has 1 aromatic carbocycles. The second-order valence-electron chi connectivity index (χ2n) is 3.44. The van der Waals surface area contributed by atoms with Gasteiger partial charge in [0.2, 0.25) is 0 Å².